The predicted molar refractivity (Wildman–Crippen MR) is 123 cm³/mol. The van der Waals surface area contributed by atoms with Crippen LogP contribution in [0.1, 0.15) is 130 Å². The molecule has 0 amide bonds. The van der Waals surface area contributed by atoms with Crippen molar-refractivity contribution in [2.45, 2.75) is 155 Å². The van der Waals surface area contributed by atoms with Gasteiger partial charge in [0.05, 0.1) is 5.60 Å². The van der Waals surface area contributed by atoms with Crippen molar-refractivity contribution >= 4 is 8.32 Å². The third kappa shape index (κ3) is 13.4. The zero-order chi connectivity index (χ0) is 18.4. The van der Waals surface area contributed by atoms with Crippen molar-refractivity contribution in [2.75, 3.05) is 0 Å². The fraction of sp³-hybridized carbons (Fsp3) is 1.00. The summed E-state index contributed by atoms with van der Waals surface area (Å²) >= 11 is 0. The van der Waals surface area contributed by atoms with Gasteiger partial charge in [0, 0.05) is 0 Å². The second-order valence-corrected chi connectivity index (χ2v) is 13.7. The summed E-state index contributed by atoms with van der Waals surface area (Å²) in [5.41, 5.74) is 0.213. The van der Waals surface area contributed by atoms with Gasteiger partial charge in [-0.3, -0.25) is 0 Å². The van der Waals surface area contributed by atoms with Gasteiger partial charge in [-0.25, -0.2) is 0 Å². The Labute approximate surface area is 168 Å². The molecular weight excluding hydrogens is 332 g/mol. The molecule has 1 unspecified atom stereocenters. The van der Waals surface area contributed by atoms with Crippen LogP contribution in [0.2, 0.25) is 19.1 Å². The van der Waals surface area contributed by atoms with Crippen molar-refractivity contribution in [1.82, 2.24) is 0 Å². The molecule has 26 heavy (non-hydrogen) atoms. The van der Waals surface area contributed by atoms with Crippen LogP contribution in [0.15, 0.2) is 0 Å². The standard InChI is InChI=1S/C23H48OSi.CH4/c1-5-6-7-8-9-10-11-12-13-14-15-16-17-18-20-23(2)21-19-22-25(3,4)24-23;/h5-22H2,1-4H3;1H4. The van der Waals surface area contributed by atoms with Gasteiger partial charge in [0.2, 0.25) is 0 Å². The van der Waals surface area contributed by atoms with Crippen LogP contribution >= 0.6 is 0 Å². The third-order valence-electron chi connectivity index (χ3n) is 6.07. The van der Waals surface area contributed by atoms with E-state index in [-0.39, 0.29) is 13.0 Å². The highest BCUT2D eigenvalue weighted by Crippen LogP contribution is 2.36. The Balaban J connectivity index is 0.00000625. The summed E-state index contributed by atoms with van der Waals surface area (Å²) in [5.74, 6) is 0. The van der Waals surface area contributed by atoms with Crippen LogP contribution in [-0.4, -0.2) is 13.9 Å². The van der Waals surface area contributed by atoms with E-state index in [1.54, 1.807) is 0 Å². The maximum atomic E-state index is 6.51. The summed E-state index contributed by atoms with van der Waals surface area (Å²) < 4.78 is 6.51. The van der Waals surface area contributed by atoms with Crippen molar-refractivity contribution < 1.29 is 4.43 Å². The molecule has 0 aromatic carbocycles. The van der Waals surface area contributed by atoms with E-state index in [0.29, 0.717) is 0 Å². The molecule has 0 radical (unpaired) electrons. The van der Waals surface area contributed by atoms with Gasteiger partial charge in [-0.1, -0.05) is 111 Å². The molecule has 1 aliphatic heterocycles. The Morgan fingerprint density at radius 2 is 1.15 bits per heavy atom. The van der Waals surface area contributed by atoms with Crippen LogP contribution in [0, 0.1) is 0 Å². The Hall–Kier alpha value is 0.177. The van der Waals surface area contributed by atoms with Crippen LogP contribution in [0.25, 0.3) is 0 Å². The van der Waals surface area contributed by atoms with Crippen LogP contribution in [0.3, 0.4) is 0 Å². The summed E-state index contributed by atoms with van der Waals surface area (Å²) in [6, 6.07) is 1.36. The molecule has 1 saturated heterocycles. The first-order valence-corrected chi connectivity index (χ1v) is 14.8. The predicted octanol–water partition coefficient (Wildman–Crippen LogP) is 9.27. The van der Waals surface area contributed by atoms with Gasteiger partial charge in [-0.15, -0.1) is 0 Å². The van der Waals surface area contributed by atoms with Crippen molar-refractivity contribution in [3.8, 4) is 0 Å². The Morgan fingerprint density at radius 3 is 1.58 bits per heavy atom. The first-order chi connectivity index (χ1) is 12.0. The Bertz CT molecular complexity index is 315. The molecule has 2 heteroatoms. The first kappa shape index (κ1) is 26.2. The van der Waals surface area contributed by atoms with E-state index in [2.05, 4.69) is 26.9 Å². The van der Waals surface area contributed by atoms with Crippen molar-refractivity contribution in [3.63, 3.8) is 0 Å². The number of rotatable bonds is 15. The number of hydrogen-bond donors (Lipinski definition) is 0. The molecule has 1 rings (SSSR count). The molecule has 0 aromatic rings. The highest BCUT2D eigenvalue weighted by Gasteiger charge is 2.37. The summed E-state index contributed by atoms with van der Waals surface area (Å²) in [6.07, 6.45) is 24.2. The van der Waals surface area contributed by atoms with Gasteiger partial charge in [0.25, 0.3) is 0 Å². The molecule has 0 aliphatic carbocycles. The van der Waals surface area contributed by atoms with Gasteiger partial charge >= 0.3 is 0 Å². The summed E-state index contributed by atoms with van der Waals surface area (Å²) in [5, 5.41) is 0. The molecule has 0 N–H and O–H groups in total. The minimum atomic E-state index is -1.33. The van der Waals surface area contributed by atoms with E-state index in [1.807, 2.05) is 0 Å². The highest BCUT2D eigenvalue weighted by molar-refractivity contribution is 6.71. The van der Waals surface area contributed by atoms with Gasteiger partial charge in [0.15, 0.2) is 8.32 Å². The Kier molecular flexibility index (Phi) is 15.2. The summed E-state index contributed by atoms with van der Waals surface area (Å²) in [4.78, 5) is 0. The summed E-state index contributed by atoms with van der Waals surface area (Å²) in [6.45, 7) is 9.47. The van der Waals surface area contributed by atoms with E-state index in [4.69, 9.17) is 4.43 Å². The van der Waals surface area contributed by atoms with Crippen LogP contribution in [0.5, 0.6) is 0 Å². The molecule has 1 nitrogen and oxygen atoms in total. The minimum absolute atomic E-state index is 0. The maximum absolute atomic E-state index is 6.51. The van der Waals surface area contributed by atoms with Crippen LogP contribution in [-0.2, 0) is 4.43 Å². The van der Waals surface area contributed by atoms with E-state index in [1.165, 1.54) is 115 Å². The molecule has 0 spiro atoms. The average molecular weight is 385 g/mol. The van der Waals surface area contributed by atoms with E-state index >= 15 is 0 Å². The topological polar surface area (TPSA) is 9.23 Å². The summed E-state index contributed by atoms with van der Waals surface area (Å²) in [7, 11) is -1.33. The smallest absolute Gasteiger partial charge is 0.187 e. The van der Waals surface area contributed by atoms with Gasteiger partial charge in [-0.2, -0.15) is 0 Å². The lowest BCUT2D eigenvalue weighted by molar-refractivity contribution is 0.0418. The molecule has 0 saturated carbocycles. The number of unbranched alkanes of at least 4 members (excludes halogenated alkanes) is 13. The zero-order valence-corrected chi connectivity index (χ0v) is 19.1. The van der Waals surface area contributed by atoms with E-state index < -0.39 is 8.32 Å². The lowest BCUT2D eigenvalue weighted by Crippen LogP contribution is -2.46. The van der Waals surface area contributed by atoms with Gasteiger partial charge < -0.3 is 4.43 Å². The average Bonchev–Trinajstić information content (AvgIpc) is 2.54. The molecule has 1 aliphatic rings. The molecule has 0 aromatic heterocycles. The fourth-order valence-electron chi connectivity index (χ4n) is 4.53. The van der Waals surface area contributed by atoms with E-state index in [9.17, 15) is 0 Å². The highest BCUT2D eigenvalue weighted by atomic mass is 28.4. The van der Waals surface area contributed by atoms with Gasteiger partial charge in [0.1, 0.15) is 0 Å². The van der Waals surface area contributed by atoms with Crippen molar-refractivity contribution in [2.24, 2.45) is 0 Å². The fourth-order valence-corrected chi connectivity index (χ4v) is 7.20. The Morgan fingerprint density at radius 1 is 0.731 bits per heavy atom. The SMILES string of the molecule is C.CCCCCCCCCCCCCCCCC1(C)CCC[Si](C)(C)O1. The van der Waals surface area contributed by atoms with Crippen molar-refractivity contribution in [3.05, 3.63) is 0 Å². The monoisotopic (exact) mass is 384 g/mol. The van der Waals surface area contributed by atoms with Crippen LogP contribution in [0.4, 0.5) is 0 Å². The third-order valence-corrected chi connectivity index (χ3v) is 8.67. The van der Waals surface area contributed by atoms with Crippen molar-refractivity contribution in [1.29, 1.82) is 0 Å². The molecule has 1 atom stereocenters. The van der Waals surface area contributed by atoms with Crippen LogP contribution < -0.4 is 0 Å². The van der Waals surface area contributed by atoms with Gasteiger partial charge in [-0.05, 0) is 38.9 Å². The van der Waals surface area contributed by atoms with E-state index in [0.717, 1.165) is 0 Å². The molecule has 0 bridgehead atoms. The largest absolute Gasteiger partial charge is 0.412 e. The lowest BCUT2D eigenvalue weighted by Gasteiger charge is -2.43. The quantitative estimate of drug-likeness (QED) is 0.202. The normalized spacial score (nSPS) is 22.2. The molecule has 158 valence electrons. The molecular formula is C24H52OSi. The lowest BCUT2D eigenvalue weighted by atomic mass is 9.93. The number of hydrogen-bond acceptors (Lipinski definition) is 1. The first-order valence-electron chi connectivity index (χ1n) is 11.7. The maximum Gasteiger partial charge on any atom is 0.187 e. The zero-order valence-electron chi connectivity index (χ0n) is 18.1. The molecule has 1 heterocycles. The minimum Gasteiger partial charge on any atom is -0.412 e. The molecule has 1 fully saturated rings. The second kappa shape index (κ2) is 15.1. The second-order valence-electron chi connectivity index (χ2n) is 9.51.